The van der Waals surface area contributed by atoms with Crippen LogP contribution < -0.4 is 5.32 Å². The minimum atomic E-state index is -0.746. The van der Waals surface area contributed by atoms with E-state index in [0.29, 0.717) is 5.75 Å². The first-order valence-electron chi connectivity index (χ1n) is 4.86. The lowest BCUT2D eigenvalue weighted by atomic mass is 10.2. The summed E-state index contributed by atoms with van der Waals surface area (Å²) in [6.45, 7) is 2.80. The highest BCUT2D eigenvalue weighted by Crippen LogP contribution is 2.10. The Morgan fingerprint density at radius 1 is 1.53 bits per heavy atom. The molecule has 1 aromatic carbocycles. The van der Waals surface area contributed by atoms with Crippen molar-refractivity contribution in [1.82, 2.24) is 5.32 Å². The van der Waals surface area contributed by atoms with Gasteiger partial charge in [0.25, 0.3) is 0 Å². The van der Waals surface area contributed by atoms with Crippen LogP contribution in [-0.4, -0.2) is 22.3 Å². The van der Waals surface area contributed by atoms with Gasteiger partial charge in [0.2, 0.25) is 0 Å². The van der Waals surface area contributed by atoms with E-state index in [1.807, 2.05) is 31.2 Å². The predicted molar refractivity (Wildman–Crippen MR) is 66.7 cm³/mol. The van der Waals surface area contributed by atoms with Crippen LogP contribution >= 0.6 is 11.6 Å². The van der Waals surface area contributed by atoms with Gasteiger partial charge in [0, 0.05) is 40.4 Å². The van der Waals surface area contributed by atoms with Crippen LogP contribution in [0.25, 0.3) is 0 Å². The summed E-state index contributed by atoms with van der Waals surface area (Å²) >= 11 is 5.87. The highest BCUT2D eigenvalue weighted by molar-refractivity contribution is 7.84. The lowest BCUT2D eigenvalue weighted by Gasteiger charge is -2.12. The quantitative estimate of drug-likeness (QED) is 0.862. The van der Waals surface area contributed by atoms with E-state index >= 15 is 0 Å². The van der Waals surface area contributed by atoms with Gasteiger partial charge in [-0.15, -0.1) is 0 Å². The Morgan fingerprint density at radius 3 is 2.87 bits per heavy atom. The van der Waals surface area contributed by atoms with E-state index in [0.717, 1.165) is 17.1 Å². The molecule has 2 atom stereocenters. The monoisotopic (exact) mass is 245 g/mol. The lowest BCUT2D eigenvalue weighted by Crippen LogP contribution is -2.30. The Labute approximate surface area is 98.5 Å². The molecule has 15 heavy (non-hydrogen) atoms. The number of halogens is 1. The molecule has 0 aliphatic rings. The van der Waals surface area contributed by atoms with Gasteiger partial charge in [-0.1, -0.05) is 23.7 Å². The maximum atomic E-state index is 11.0. The van der Waals surface area contributed by atoms with Crippen LogP contribution in [0.4, 0.5) is 0 Å². The largest absolute Gasteiger partial charge is 0.309 e. The second kappa shape index (κ2) is 6.26. The molecular weight excluding hydrogens is 230 g/mol. The van der Waals surface area contributed by atoms with Gasteiger partial charge >= 0.3 is 0 Å². The maximum Gasteiger partial charge on any atom is 0.0409 e. The molecule has 0 aliphatic carbocycles. The van der Waals surface area contributed by atoms with E-state index in [4.69, 9.17) is 11.6 Å². The van der Waals surface area contributed by atoms with Gasteiger partial charge in [-0.2, -0.15) is 0 Å². The van der Waals surface area contributed by atoms with Crippen LogP contribution in [-0.2, 0) is 17.3 Å². The first-order valence-corrected chi connectivity index (χ1v) is 6.96. The van der Waals surface area contributed by atoms with Gasteiger partial charge in [0.15, 0.2) is 0 Å². The number of hydrogen-bond acceptors (Lipinski definition) is 2. The van der Waals surface area contributed by atoms with Crippen LogP contribution in [0.15, 0.2) is 24.3 Å². The third kappa shape index (κ3) is 5.30. The zero-order valence-electron chi connectivity index (χ0n) is 9.00. The van der Waals surface area contributed by atoms with Gasteiger partial charge in [-0.25, -0.2) is 0 Å². The Morgan fingerprint density at radius 2 is 2.27 bits per heavy atom. The molecular formula is C11H16ClNOS. The topological polar surface area (TPSA) is 29.1 Å². The van der Waals surface area contributed by atoms with E-state index in [9.17, 15) is 4.21 Å². The first kappa shape index (κ1) is 12.7. The first-order chi connectivity index (χ1) is 7.08. The molecule has 0 saturated heterocycles. The van der Waals surface area contributed by atoms with E-state index in [1.165, 1.54) is 0 Å². The zero-order valence-corrected chi connectivity index (χ0v) is 10.6. The van der Waals surface area contributed by atoms with Gasteiger partial charge in [0.05, 0.1) is 0 Å². The lowest BCUT2D eigenvalue weighted by molar-refractivity contribution is 0.587. The molecule has 0 amide bonds. The summed E-state index contributed by atoms with van der Waals surface area (Å²) in [5.41, 5.74) is 1.15. The van der Waals surface area contributed by atoms with Crippen molar-refractivity contribution in [2.24, 2.45) is 0 Å². The minimum absolute atomic E-state index is 0.259. The third-order valence-electron chi connectivity index (χ3n) is 2.03. The number of benzene rings is 1. The van der Waals surface area contributed by atoms with Crippen molar-refractivity contribution in [3.8, 4) is 0 Å². The molecule has 0 saturated carbocycles. The molecule has 2 nitrogen and oxygen atoms in total. The smallest absolute Gasteiger partial charge is 0.0409 e. The van der Waals surface area contributed by atoms with Crippen molar-refractivity contribution >= 4 is 22.4 Å². The van der Waals surface area contributed by atoms with Crippen molar-refractivity contribution < 1.29 is 4.21 Å². The van der Waals surface area contributed by atoms with E-state index in [-0.39, 0.29) is 6.04 Å². The normalized spacial score (nSPS) is 14.9. The summed E-state index contributed by atoms with van der Waals surface area (Å²) in [5.74, 6) is 0.681. The van der Waals surface area contributed by atoms with Gasteiger partial charge < -0.3 is 5.32 Å². The Hall–Kier alpha value is -0.380. The second-order valence-electron chi connectivity index (χ2n) is 3.65. The average molecular weight is 246 g/mol. The van der Waals surface area contributed by atoms with Crippen molar-refractivity contribution in [2.45, 2.75) is 19.5 Å². The molecule has 0 fully saturated rings. The van der Waals surface area contributed by atoms with E-state index in [1.54, 1.807) is 6.26 Å². The van der Waals surface area contributed by atoms with Crippen LogP contribution in [0.1, 0.15) is 12.5 Å². The Kier molecular flexibility index (Phi) is 5.29. The van der Waals surface area contributed by atoms with Crippen LogP contribution in [0.5, 0.6) is 0 Å². The fourth-order valence-corrected chi connectivity index (χ4v) is 2.38. The highest BCUT2D eigenvalue weighted by atomic mass is 35.5. The van der Waals surface area contributed by atoms with Gasteiger partial charge in [0.1, 0.15) is 0 Å². The van der Waals surface area contributed by atoms with Crippen molar-refractivity contribution in [2.75, 3.05) is 12.0 Å². The second-order valence-corrected chi connectivity index (χ2v) is 5.57. The summed E-state index contributed by atoms with van der Waals surface area (Å²) in [6, 6.07) is 8.01. The third-order valence-corrected chi connectivity index (χ3v) is 3.23. The maximum absolute atomic E-state index is 11.0. The van der Waals surface area contributed by atoms with Crippen LogP contribution in [0, 0.1) is 0 Å². The number of nitrogens with one attached hydrogen (secondary N) is 1. The van der Waals surface area contributed by atoms with Crippen LogP contribution in [0.3, 0.4) is 0 Å². The molecule has 0 aromatic heterocycles. The molecule has 0 aliphatic heterocycles. The van der Waals surface area contributed by atoms with Crippen molar-refractivity contribution in [1.29, 1.82) is 0 Å². The summed E-state index contributed by atoms with van der Waals surface area (Å²) in [5, 5.41) is 4.06. The average Bonchev–Trinajstić information content (AvgIpc) is 2.14. The molecule has 0 heterocycles. The molecule has 1 N–H and O–H groups in total. The minimum Gasteiger partial charge on any atom is -0.309 e. The summed E-state index contributed by atoms with van der Waals surface area (Å²) in [6.07, 6.45) is 1.72. The van der Waals surface area contributed by atoms with E-state index in [2.05, 4.69) is 5.32 Å². The Balaban J connectivity index is 2.40. The number of hydrogen-bond donors (Lipinski definition) is 1. The molecule has 0 radical (unpaired) electrons. The summed E-state index contributed by atoms with van der Waals surface area (Å²) in [4.78, 5) is 0. The molecule has 2 unspecified atom stereocenters. The van der Waals surface area contributed by atoms with Gasteiger partial charge in [-0.3, -0.25) is 4.21 Å². The summed E-state index contributed by atoms with van der Waals surface area (Å²) < 4.78 is 11.0. The zero-order chi connectivity index (χ0) is 11.3. The molecule has 1 aromatic rings. The van der Waals surface area contributed by atoms with Crippen LogP contribution in [0.2, 0.25) is 5.02 Å². The van der Waals surface area contributed by atoms with Gasteiger partial charge in [-0.05, 0) is 24.6 Å². The Bertz CT molecular complexity index is 343. The molecule has 84 valence electrons. The van der Waals surface area contributed by atoms with Crippen molar-refractivity contribution in [3.05, 3.63) is 34.9 Å². The molecule has 0 spiro atoms. The molecule has 4 heteroatoms. The van der Waals surface area contributed by atoms with Crippen molar-refractivity contribution in [3.63, 3.8) is 0 Å². The molecule has 0 bridgehead atoms. The SMILES string of the molecule is CC(CS(C)=O)NCc1cccc(Cl)c1. The summed E-state index contributed by atoms with van der Waals surface area (Å²) in [7, 11) is -0.746. The standard InChI is InChI=1S/C11H16ClNOS/c1-9(8-15(2)14)13-7-10-4-3-5-11(12)6-10/h3-6,9,13H,7-8H2,1-2H3. The predicted octanol–water partition coefficient (Wildman–Crippen LogP) is 2.20. The fraction of sp³-hybridized carbons (Fsp3) is 0.455. The molecule has 1 rings (SSSR count). The number of rotatable bonds is 5. The van der Waals surface area contributed by atoms with E-state index < -0.39 is 10.8 Å². The fourth-order valence-electron chi connectivity index (χ4n) is 1.35. The highest BCUT2D eigenvalue weighted by Gasteiger charge is 2.03.